The lowest BCUT2D eigenvalue weighted by atomic mass is 10.0. The van der Waals surface area contributed by atoms with E-state index in [1.54, 1.807) is 21.3 Å². The first-order valence-electron chi connectivity index (χ1n) is 5.25. The van der Waals surface area contributed by atoms with Gasteiger partial charge in [-0.1, -0.05) is 42.5 Å². The lowest BCUT2D eigenvalue weighted by Gasteiger charge is -2.02. The van der Waals surface area contributed by atoms with Crippen molar-refractivity contribution in [3.63, 3.8) is 0 Å². The highest BCUT2D eigenvalue weighted by atomic mass is 31.0. The Kier molecular flexibility index (Phi) is 5.75. The number of methoxy groups -OCH3 is 1. The molecule has 0 atom stereocenters. The van der Waals surface area contributed by atoms with E-state index in [9.17, 15) is 4.79 Å². The van der Waals surface area contributed by atoms with Crippen molar-refractivity contribution < 1.29 is 14.1 Å². The predicted molar refractivity (Wildman–Crippen MR) is 72.2 cm³/mol. The summed E-state index contributed by atoms with van der Waals surface area (Å²) in [5.74, 6) is -0.306. The number of hydrogen-bond acceptors (Lipinski definition) is 3. The minimum Gasteiger partial charge on any atom is -0.465 e. The van der Waals surface area contributed by atoms with E-state index in [-0.39, 0.29) is 5.97 Å². The standard InChI is InChI=1S/C14H12O2.HOP/c1-16-14(15)13-9-7-12(8-10-13)11-5-3-2-4-6-11;1-2/h2-10H,1H3;2H. The summed E-state index contributed by atoms with van der Waals surface area (Å²) in [4.78, 5) is 11.2. The molecule has 0 amide bonds. The average Bonchev–Trinajstić information content (AvgIpc) is 2.49. The zero-order chi connectivity index (χ0) is 13.4. The SMILES string of the molecule is COC(=O)c1ccc(-c2ccccc2)cc1.O=P. The Morgan fingerprint density at radius 3 is 1.89 bits per heavy atom. The Bertz CT molecular complexity index is 494. The van der Waals surface area contributed by atoms with Gasteiger partial charge in [-0.15, -0.1) is 0 Å². The van der Waals surface area contributed by atoms with Crippen molar-refractivity contribution >= 4 is 15.1 Å². The van der Waals surface area contributed by atoms with E-state index in [0.717, 1.165) is 11.1 Å². The summed E-state index contributed by atoms with van der Waals surface area (Å²) in [7, 11) is 3.10. The largest absolute Gasteiger partial charge is 0.465 e. The van der Waals surface area contributed by atoms with Crippen molar-refractivity contribution in [3.05, 3.63) is 60.2 Å². The van der Waals surface area contributed by atoms with Gasteiger partial charge in [-0.25, -0.2) is 4.79 Å². The summed E-state index contributed by atoms with van der Waals surface area (Å²) < 4.78 is 12.7. The van der Waals surface area contributed by atoms with Gasteiger partial charge in [-0.2, -0.15) is 0 Å². The molecule has 2 aromatic carbocycles. The van der Waals surface area contributed by atoms with Crippen LogP contribution in [-0.4, -0.2) is 13.1 Å². The summed E-state index contributed by atoms with van der Waals surface area (Å²) >= 11 is 0. The van der Waals surface area contributed by atoms with Gasteiger partial charge in [0.2, 0.25) is 0 Å². The van der Waals surface area contributed by atoms with Crippen molar-refractivity contribution in [2.45, 2.75) is 0 Å². The number of carbonyl (C=O) groups excluding carboxylic acids is 1. The van der Waals surface area contributed by atoms with E-state index in [0.29, 0.717) is 5.56 Å². The van der Waals surface area contributed by atoms with Gasteiger partial charge < -0.3 is 4.74 Å². The fraction of sp³-hybridized carbons (Fsp3) is 0.0714. The summed E-state index contributed by atoms with van der Waals surface area (Å²) in [5, 5.41) is 0. The normalized spacial score (nSPS) is 8.94. The first-order chi connectivity index (χ1) is 8.81. The van der Waals surface area contributed by atoms with Crippen LogP contribution in [0.5, 0.6) is 0 Å². The summed E-state index contributed by atoms with van der Waals surface area (Å²) in [6.45, 7) is 0. The molecule has 3 nitrogen and oxygen atoms in total. The number of hydrogen-bond donors (Lipinski definition) is 0. The second-order valence-corrected chi connectivity index (χ2v) is 3.43. The first-order valence-corrected chi connectivity index (χ1v) is 5.66. The molecule has 0 unspecified atom stereocenters. The molecular formula is C14H13O3P. The van der Waals surface area contributed by atoms with Gasteiger partial charge in [0.1, 0.15) is 9.12 Å². The van der Waals surface area contributed by atoms with Crippen LogP contribution in [0.15, 0.2) is 54.6 Å². The number of ether oxygens (including phenoxy) is 1. The summed E-state index contributed by atoms with van der Waals surface area (Å²) in [6.07, 6.45) is 0. The molecule has 2 aromatic rings. The zero-order valence-electron chi connectivity index (χ0n) is 9.92. The summed E-state index contributed by atoms with van der Waals surface area (Å²) in [6, 6.07) is 17.4. The number of carbonyl (C=O) groups is 1. The Morgan fingerprint density at radius 1 is 0.889 bits per heavy atom. The minimum absolute atomic E-state index is 0.306. The molecule has 0 aromatic heterocycles. The van der Waals surface area contributed by atoms with E-state index < -0.39 is 0 Å². The van der Waals surface area contributed by atoms with Crippen LogP contribution < -0.4 is 0 Å². The van der Waals surface area contributed by atoms with E-state index in [4.69, 9.17) is 4.57 Å². The molecule has 0 fully saturated rings. The van der Waals surface area contributed by atoms with Crippen LogP contribution >= 0.6 is 9.12 Å². The Hall–Kier alpha value is -1.99. The molecule has 0 saturated heterocycles. The van der Waals surface area contributed by atoms with Crippen molar-refractivity contribution in [2.24, 2.45) is 0 Å². The Morgan fingerprint density at radius 2 is 1.39 bits per heavy atom. The molecule has 2 rings (SSSR count). The van der Waals surface area contributed by atoms with Gasteiger partial charge in [0.15, 0.2) is 0 Å². The average molecular weight is 260 g/mol. The van der Waals surface area contributed by atoms with Crippen LogP contribution in [-0.2, 0) is 9.30 Å². The molecule has 4 heteroatoms. The maximum absolute atomic E-state index is 11.2. The second-order valence-electron chi connectivity index (χ2n) is 3.43. The zero-order valence-corrected chi connectivity index (χ0v) is 10.9. The molecule has 18 heavy (non-hydrogen) atoms. The monoisotopic (exact) mass is 260 g/mol. The first kappa shape index (κ1) is 14.1. The molecule has 0 bridgehead atoms. The number of rotatable bonds is 2. The highest BCUT2D eigenvalue weighted by Crippen LogP contribution is 2.19. The third kappa shape index (κ3) is 3.51. The van der Waals surface area contributed by atoms with E-state index in [2.05, 4.69) is 4.74 Å². The van der Waals surface area contributed by atoms with Crippen molar-refractivity contribution in [2.75, 3.05) is 7.11 Å². The van der Waals surface area contributed by atoms with Crippen LogP contribution in [0.3, 0.4) is 0 Å². The molecule has 92 valence electrons. The van der Waals surface area contributed by atoms with Gasteiger partial charge in [0.05, 0.1) is 12.7 Å². The highest BCUT2D eigenvalue weighted by molar-refractivity contribution is 7.00. The lowest BCUT2D eigenvalue weighted by Crippen LogP contribution is -2.00. The maximum Gasteiger partial charge on any atom is 0.337 e. The van der Waals surface area contributed by atoms with Gasteiger partial charge in [0.25, 0.3) is 0 Å². The van der Waals surface area contributed by atoms with Crippen molar-refractivity contribution in [1.82, 2.24) is 0 Å². The molecule has 0 heterocycles. The molecule has 0 radical (unpaired) electrons. The highest BCUT2D eigenvalue weighted by Gasteiger charge is 2.04. The smallest absolute Gasteiger partial charge is 0.337 e. The van der Waals surface area contributed by atoms with Crippen LogP contribution in [0, 0.1) is 0 Å². The third-order valence-corrected chi connectivity index (χ3v) is 2.41. The van der Waals surface area contributed by atoms with Crippen molar-refractivity contribution in [3.8, 4) is 11.1 Å². The molecule has 0 aliphatic carbocycles. The topological polar surface area (TPSA) is 43.4 Å². The molecular weight excluding hydrogens is 247 g/mol. The fourth-order valence-electron chi connectivity index (χ4n) is 1.55. The quantitative estimate of drug-likeness (QED) is 0.612. The lowest BCUT2D eigenvalue weighted by molar-refractivity contribution is 0.0601. The molecule has 0 saturated carbocycles. The van der Waals surface area contributed by atoms with Gasteiger partial charge in [-0.3, -0.25) is 4.57 Å². The van der Waals surface area contributed by atoms with Crippen LogP contribution in [0.25, 0.3) is 11.1 Å². The van der Waals surface area contributed by atoms with Gasteiger partial charge in [-0.05, 0) is 23.3 Å². The van der Waals surface area contributed by atoms with E-state index in [1.165, 1.54) is 7.11 Å². The second kappa shape index (κ2) is 7.36. The molecule has 0 aliphatic heterocycles. The molecule has 0 aliphatic rings. The predicted octanol–water partition coefficient (Wildman–Crippen LogP) is 3.61. The van der Waals surface area contributed by atoms with Crippen LogP contribution in [0.4, 0.5) is 0 Å². The molecule has 0 spiro atoms. The van der Waals surface area contributed by atoms with Gasteiger partial charge in [0, 0.05) is 0 Å². The van der Waals surface area contributed by atoms with Crippen LogP contribution in [0.2, 0.25) is 0 Å². The number of esters is 1. The van der Waals surface area contributed by atoms with Crippen molar-refractivity contribution in [1.29, 1.82) is 0 Å². The van der Waals surface area contributed by atoms with E-state index in [1.807, 2.05) is 42.5 Å². The fourth-order valence-corrected chi connectivity index (χ4v) is 1.55. The maximum atomic E-state index is 11.2. The van der Waals surface area contributed by atoms with Crippen LogP contribution in [0.1, 0.15) is 10.4 Å². The molecule has 0 N–H and O–H groups in total. The number of benzene rings is 2. The minimum atomic E-state index is -0.306. The summed E-state index contributed by atoms with van der Waals surface area (Å²) in [5.41, 5.74) is 2.80. The third-order valence-electron chi connectivity index (χ3n) is 2.41. The van der Waals surface area contributed by atoms with Gasteiger partial charge >= 0.3 is 5.97 Å². The Balaban J connectivity index is 0.000000771. The Labute approximate surface area is 108 Å². The van der Waals surface area contributed by atoms with E-state index >= 15 is 0 Å².